The van der Waals surface area contributed by atoms with Gasteiger partial charge in [0.1, 0.15) is 0 Å². The highest BCUT2D eigenvalue weighted by atomic mass is 16.6. The molecule has 1 unspecified atom stereocenters. The predicted molar refractivity (Wildman–Crippen MR) is 89.5 cm³/mol. The minimum atomic E-state index is -0.398. The molecule has 0 saturated heterocycles. The lowest BCUT2D eigenvalue weighted by atomic mass is 9.96. The molecule has 0 radical (unpaired) electrons. The molecule has 3 rings (SSSR count). The Labute approximate surface area is 133 Å². The van der Waals surface area contributed by atoms with Crippen molar-refractivity contribution in [1.82, 2.24) is 9.38 Å². The van der Waals surface area contributed by atoms with Crippen LogP contribution in [0.3, 0.4) is 0 Å². The Morgan fingerprint density at radius 2 is 1.83 bits per heavy atom. The molecule has 6 heteroatoms. The molecule has 23 heavy (non-hydrogen) atoms. The summed E-state index contributed by atoms with van der Waals surface area (Å²) in [5, 5.41) is 14.7. The fourth-order valence-corrected chi connectivity index (χ4v) is 2.70. The van der Waals surface area contributed by atoms with Crippen LogP contribution in [-0.4, -0.2) is 14.3 Å². The van der Waals surface area contributed by atoms with E-state index in [1.54, 1.807) is 18.3 Å². The van der Waals surface area contributed by atoms with Gasteiger partial charge in [-0.1, -0.05) is 50.2 Å². The van der Waals surface area contributed by atoms with E-state index in [0.717, 1.165) is 5.56 Å². The van der Waals surface area contributed by atoms with Crippen LogP contribution >= 0.6 is 0 Å². The molecule has 1 N–H and O–H groups in total. The largest absolute Gasteiger partial charge is 0.372 e. The quantitative estimate of drug-likeness (QED) is 0.570. The number of aromatic nitrogens is 2. The van der Waals surface area contributed by atoms with Crippen molar-refractivity contribution in [3.05, 3.63) is 70.4 Å². The van der Waals surface area contributed by atoms with Crippen molar-refractivity contribution in [3.63, 3.8) is 0 Å². The maximum absolute atomic E-state index is 11.5. The van der Waals surface area contributed by atoms with Crippen LogP contribution in [0.4, 0.5) is 11.6 Å². The summed E-state index contributed by atoms with van der Waals surface area (Å²) in [6.45, 7) is 4.15. The van der Waals surface area contributed by atoms with Crippen LogP contribution in [0.2, 0.25) is 0 Å². The van der Waals surface area contributed by atoms with Crippen LogP contribution in [-0.2, 0) is 0 Å². The molecule has 0 aliphatic carbocycles. The first-order chi connectivity index (χ1) is 11.1. The first-order valence-electron chi connectivity index (χ1n) is 7.51. The molecule has 0 fully saturated rings. The lowest BCUT2D eigenvalue weighted by Gasteiger charge is -2.22. The van der Waals surface area contributed by atoms with Gasteiger partial charge in [0, 0.05) is 6.07 Å². The van der Waals surface area contributed by atoms with Crippen LogP contribution in [0, 0.1) is 16.0 Å². The van der Waals surface area contributed by atoms with Crippen molar-refractivity contribution in [2.24, 2.45) is 5.92 Å². The van der Waals surface area contributed by atoms with E-state index in [1.165, 1.54) is 4.40 Å². The second-order valence-corrected chi connectivity index (χ2v) is 5.75. The van der Waals surface area contributed by atoms with Gasteiger partial charge in [0.15, 0.2) is 0 Å². The Kier molecular flexibility index (Phi) is 3.97. The summed E-state index contributed by atoms with van der Waals surface area (Å²) in [5.41, 5.74) is 1.63. The van der Waals surface area contributed by atoms with Gasteiger partial charge in [0.05, 0.1) is 12.2 Å². The molecule has 0 spiro atoms. The lowest BCUT2D eigenvalue weighted by Crippen LogP contribution is -2.17. The van der Waals surface area contributed by atoms with Gasteiger partial charge in [0.2, 0.25) is 11.5 Å². The third-order valence-corrected chi connectivity index (χ3v) is 3.80. The predicted octanol–water partition coefficient (Wildman–Crippen LogP) is 4.05. The summed E-state index contributed by atoms with van der Waals surface area (Å²) in [5.74, 6) is 0.507. The van der Waals surface area contributed by atoms with E-state index < -0.39 is 4.92 Å². The number of benzene rings is 1. The number of nitrogens with zero attached hydrogens (tertiary/aromatic N) is 3. The molecular formula is C17H18N4O2. The molecule has 1 aromatic carbocycles. The molecule has 3 aromatic rings. The average molecular weight is 310 g/mol. The van der Waals surface area contributed by atoms with Gasteiger partial charge >= 0.3 is 5.82 Å². The molecule has 1 atom stereocenters. The molecule has 0 amide bonds. The van der Waals surface area contributed by atoms with Crippen molar-refractivity contribution in [2.75, 3.05) is 5.32 Å². The van der Waals surface area contributed by atoms with Crippen LogP contribution in [0.5, 0.6) is 0 Å². The van der Waals surface area contributed by atoms with Crippen LogP contribution in [0.25, 0.3) is 5.65 Å². The van der Waals surface area contributed by atoms with Crippen molar-refractivity contribution < 1.29 is 4.92 Å². The van der Waals surface area contributed by atoms with Crippen LogP contribution in [0.1, 0.15) is 25.5 Å². The summed E-state index contributed by atoms with van der Waals surface area (Å²) < 4.78 is 1.49. The Morgan fingerprint density at radius 1 is 1.13 bits per heavy atom. The molecule has 0 aliphatic rings. The summed E-state index contributed by atoms with van der Waals surface area (Å²) in [6, 6.07) is 15.2. The monoisotopic (exact) mass is 310 g/mol. The summed E-state index contributed by atoms with van der Waals surface area (Å²) in [7, 11) is 0. The van der Waals surface area contributed by atoms with E-state index in [4.69, 9.17) is 0 Å². The Bertz CT molecular complexity index is 827. The highest BCUT2D eigenvalue weighted by Gasteiger charge is 2.26. The number of hydrogen-bond acceptors (Lipinski definition) is 4. The van der Waals surface area contributed by atoms with Crippen LogP contribution < -0.4 is 5.32 Å². The molecule has 0 aliphatic heterocycles. The average Bonchev–Trinajstić information content (AvgIpc) is 2.91. The first-order valence-corrected chi connectivity index (χ1v) is 7.51. The maximum atomic E-state index is 11.5. The maximum Gasteiger partial charge on any atom is 0.372 e. The topological polar surface area (TPSA) is 72.5 Å². The smallest absolute Gasteiger partial charge is 0.358 e. The molecule has 2 aromatic heterocycles. The third-order valence-electron chi connectivity index (χ3n) is 3.80. The fourth-order valence-electron chi connectivity index (χ4n) is 2.70. The summed E-state index contributed by atoms with van der Waals surface area (Å²) >= 11 is 0. The Morgan fingerprint density at radius 3 is 2.48 bits per heavy atom. The molecule has 0 saturated carbocycles. The van der Waals surface area contributed by atoms with E-state index in [0.29, 0.717) is 11.5 Å². The minimum absolute atomic E-state index is 0.0396. The van der Waals surface area contributed by atoms with E-state index in [9.17, 15) is 10.1 Å². The zero-order valence-corrected chi connectivity index (χ0v) is 13.0. The van der Waals surface area contributed by atoms with Crippen LogP contribution in [0.15, 0.2) is 54.7 Å². The highest BCUT2D eigenvalue weighted by molar-refractivity contribution is 5.62. The van der Waals surface area contributed by atoms with Crippen molar-refractivity contribution in [3.8, 4) is 0 Å². The fraction of sp³-hybridized carbons (Fsp3) is 0.235. The number of nitrogens with one attached hydrogen (secondary N) is 1. The molecule has 2 heterocycles. The third kappa shape index (κ3) is 2.88. The van der Waals surface area contributed by atoms with Crippen molar-refractivity contribution >= 4 is 17.3 Å². The second kappa shape index (κ2) is 6.08. The lowest BCUT2D eigenvalue weighted by molar-refractivity contribution is -0.389. The molecule has 6 nitrogen and oxygen atoms in total. The molecule has 0 bridgehead atoms. The highest BCUT2D eigenvalue weighted by Crippen LogP contribution is 2.31. The number of imidazole rings is 1. The zero-order valence-electron chi connectivity index (χ0n) is 13.0. The minimum Gasteiger partial charge on any atom is -0.358 e. The van der Waals surface area contributed by atoms with E-state index in [2.05, 4.69) is 24.1 Å². The van der Waals surface area contributed by atoms with E-state index >= 15 is 0 Å². The number of anilines is 1. The van der Waals surface area contributed by atoms with E-state index in [1.807, 2.05) is 36.4 Å². The number of fused-ring (bicyclic) bond motifs is 1. The van der Waals surface area contributed by atoms with Gasteiger partial charge in [-0.15, -0.1) is 0 Å². The van der Waals surface area contributed by atoms with Gasteiger partial charge in [-0.25, -0.2) is 0 Å². The first kappa shape index (κ1) is 15.0. The van der Waals surface area contributed by atoms with Gasteiger partial charge in [-0.3, -0.25) is 0 Å². The summed E-state index contributed by atoms with van der Waals surface area (Å²) in [6.07, 6.45) is 1.65. The van der Waals surface area contributed by atoms with Gasteiger partial charge in [-0.05, 0) is 22.5 Å². The van der Waals surface area contributed by atoms with Gasteiger partial charge < -0.3 is 15.4 Å². The zero-order chi connectivity index (χ0) is 16.4. The number of rotatable bonds is 5. The van der Waals surface area contributed by atoms with Crippen molar-refractivity contribution in [1.29, 1.82) is 0 Å². The molecular weight excluding hydrogens is 292 g/mol. The number of pyridine rings is 1. The van der Waals surface area contributed by atoms with E-state index in [-0.39, 0.29) is 17.8 Å². The van der Waals surface area contributed by atoms with Crippen molar-refractivity contribution in [2.45, 2.75) is 19.9 Å². The number of hydrogen-bond donors (Lipinski definition) is 1. The number of nitro groups is 1. The van der Waals surface area contributed by atoms with Gasteiger partial charge in [-0.2, -0.15) is 9.38 Å². The standard InChI is InChI=1S/C17H18N4O2/c1-12(2)15(13-8-4-3-5-9-13)19-16-17(21(22)23)20-11-7-6-10-14(20)18-16/h3-12,15,19H,1-2H3. The van der Waals surface area contributed by atoms with Gasteiger partial charge in [0.25, 0.3) is 0 Å². The second-order valence-electron chi connectivity index (χ2n) is 5.75. The normalized spacial score (nSPS) is 12.5. The Balaban J connectivity index is 2.05. The molecule has 118 valence electrons. The Hall–Kier alpha value is -2.89. The summed E-state index contributed by atoms with van der Waals surface area (Å²) in [4.78, 5) is 15.5. The SMILES string of the molecule is CC(C)C(Nc1nc2ccccn2c1[N+](=O)[O-])c1ccccc1.